The number of halogens is 1. The van der Waals surface area contributed by atoms with Gasteiger partial charge in [0, 0.05) is 13.2 Å². The second kappa shape index (κ2) is 6.81. The molecule has 0 spiro atoms. The first-order valence-electron chi connectivity index (χ1n) is 6.61. The van der Waals surface area contributed by atoms with Crippen LogP contribution in [-0.2, 0) is 11.3 Å². The van der Waals surface area contributed by atoms with Crippen molar-refractivity contribution < 1.29 is 9.53 Å². The molecule has 2 rings (SSSR count). The fraction of sp³-hybridized carbons (Fsp3) is 0.333. The lowest BCUT2D eigenvalue weighted by Crippen LogP contribution is -2.20. The standard InChI is InChI=1S/C15H17BrN2O2/c1-3-18-13(12(16)10-17-18)14(19)15(20-4-2)11-8-6-5-7-9-11/h5-10,15H,3-4H2,1-2H3. The summed E-state index contributed by atoms with van der Waals surface area (Å²) in [4.78, 5) is 12.8. The Kier molecular flexibility index (Phi) is 5.09. The van der Waals surface area contributed by atoms with E-state index in [1.54, 1.807) is 10.9 Å². The van der Waals surface area contributed by atoms with Gasteiger partial charge in [-0.3, -0.25) is 9.48 Å². The minimum Gasteiger partial charge on any atom is -0.366 e. The fourth-order valence-corrected chi connectivity index (χ4v) is 2.58. The van der Waals surface area contributed by atoms with Crippen molar-refractivity contribution in [2.75, 3.05) is 6.61 Å². The number of aromatic nitrogens is 2. The highest BCUT2D eigenvalue weighted by Crippen LogP contribution is 2.26. The Morgan fingerprint density at radius 2 is 2.05 bits per heavy atom. The number of ether oxygens (including phenoxy) is 1. The minimum absolute atomic E-state index is 0.0794. The molecule has 20 heavy (non-hydrogen) atoms. The van der Waals surface area contributed by atoms with Gasteiger partial charge in [-0.25, -0.2) is 0 Å². The smallest absolute Gasteiger partial charge is 0.215 e. The summed E-state index contributed by atoms with van der Waals surface area (Å²) in [5.41, 5.74) is 1.41. The van der Waals surface area contributed by atoms with Gasteiger partial charge in [0.1, 0.15) is 11.8 Å². The van der Waals surface area contributed by atoms with E-state index in [9.17, 15) is 4.79 Å². The maximum Gasteiger partial charge on any atom is 0.215 e. The number of hydrogen-bond acceptors (Lipinski definition) is 3. The summed E-state index contributed by atoms with van der Waals surface area (Å²) in [5, 5.41) is 4.18. The van der Waals surface area contributed by atoms with Crippen LogP contribution in [0, 0.1) is 0 Å². The SMILES string of the molecule is CCOC(C(=O)c1c(Br)cnn1CC)c1ccccc1. The lowest BCUT2D eigenvalue weighted by atomic mass is 10.0. The van der Waals surface area contributed by atoms with Gasteiger partial charge in [0.15, 0.2) is 0 Å². The van der Waals surface area contributed by atoms with Crippen LogP contribution in [0.4, 0.5) is 0 Å². The maximum absolute atomic E-state index is 12.8. The molecular weight excluding hydrogens is 320 g/mol. The Bertz CT molecular complexity index is 581. The number of benzene rings is 1. The van der Waals surface area contributed by atoms with Gasteiger partial charge in [0.05, 0.1) is 10.7 Å². The second-order valence-electron chi connectivity index (χ2n) is 4.27. The van der Waals surface area contributed by atoms with Crippen molar-refractivity contribution >= 4 is 21.7 Å². The average Bonchev–Trinajstić information content (AvgIpc) is 2.86. The van der Waals surface area contributed by atoms with Gasteiger partial charge in [-0.2, -0.15) is 5.10 Å². The lowest BCUT2D eigenvalue weighted by molar-refractivity contribution is 0.0442. The second-order valence-corrected chi connectivity index (χ2v) is 5.12. The van der Waals surface area contributed by atoms with Crippen LogP contribution < -0.4 is 0 Å². The van der Waals surface area contributed by atoms with Gasteiger partial charge < -0.3 is 4.74 Å². The molecule has 0 saturated carbocycles. The summed E-state index contributed by atoms with van der Waals surface area (Å²) in [7, 11) is 0. The summed E-state index contributed by atoms with van der Waals surface area (Å²) in [6.07, 6.45) is 1.05. The van der Waals surface area contributed by atoms with E-state index in [-0.39, 0.29) is 5.78 Å². The molecule has 106 valence electrons. The van der Waals surface area contributed by atoms with Crippen LogP contribution in [0.2, 0.25) is 0 Å². The zero-order valence-corrected chi connectivity index (χ0v) is 13.1. The molecule has 0 radical (unpaired) electrons. The number of aryl methyl sites for hydroxylation is 1. The van der Waals surface area contributed by atoms with Crippen LogP contribution in [-0.4, -0.2) is 22.2 Å². The molecule has 4 nitrogen and oxygen atoms in total. The van der Waals surface area contributed by atoms with E-state index in [1.807, 2.05) is 44.2 Å². The van der Waals surface area contributed by atoms with Crippen molar-refractivity contribution in [3.05, 3.63) is 52.3 Å². The van der Waals surface area contributed by atoms with Crippen LogP contribution in [0.25, 0.3) is 0 Å². The molecule has 0 aliphatic carbocycles. The summed E-state index contributed by atoms with van der Waals surface area (Å²) in [6, 6.07) is 9.53. The van der Waals surface area contributed by atoms with Gasteiger partial charge in [0.2, 0.25) is 5.78 Å². The molecule has 0 amide bonds. The quantitative estimate of drug-likeness (QED) is 0.756. The minimum atomic E-state index is -0.598. The normalized spacial score (nSPS) is 12.3. The Morgan fingerprint density at radius 1 is 1.35 bits per heavy atom. The van der Waals surface area contributed by atoms with Crippen molar-refractivity contribution in [3.8, 4) is 0 Å². The predicted octanol–water partition coefficient (Wildman–Crippen LogP) is 3.63. The Labute approximate surface area is 126 Å². The van der Waals surface area contributed by atoms with Crippen LogP contribution in [0.5, 0.6) is 0 Å². The van der Waals surface area contributed by atoms with Crippen LogP contribution in [0.15, 0.2) is 41.0 Å². The zero-order valence-electron chi connectivity index (χ0n) is 11.5. The van der Waals surface area contributed by atoms with E-state index in [4.69, 9.17) is 4.74 Å². The molecule has 0 aliphatic heterocycles. The van der Waals surface area contributed by atoms with E-state index in [0.717, 1.165) is 5.56 Å². The van der Waals surface area contributed by atoms with Crippen molar-refractivity contribution in [3.63, 3.8) is 0 Å². The Morgan fingerprint density at radius 3 is 2.65 bits per heavy atom. The number of ketones is 1. The molecule has 1 aromatic heterocycles. The number of nitrogens with zero attached hydrogens (tertiary/aromatic N) is 2. The molecular formula is C15H17BrN2O2. The molecule has 2 aromatic rings. The maximum atomic E-state index is 12.8. The number of rotatable bonds is 6. The van der Waals surface area contributed by atoms with E-state index in [2.05, 4.69) is 21.0 Å². The van der Waals surface area contributed by atoms with Gasteiger partial charge >= 0.3 is 0 Å². The number of Topliss-reactive ketones (excluding diaryl/α,β-unsaturated/α-hetero) is 1. The molecule has 0 aliphatic rings. The van der Waals surface area contributed by atoms with Gasteiger partial charge in [-0.1, -0.05) is 30.3 Å². The first-order valence-corrected chi connectivity index (χ1v) is 7.40. The molecule has 0 fully saturated rings. The molecule has 0 saturated heterocycles. The Hall–Kier alpha value is -1.46. The average molecular weight is 337 g/mol. The van der Waals surface area contributed by atoms with Crippen molar-refractivity contribution in [2.45, 2.75) is 26.5 Å². The third kappa shape index (κ3) is 2.99. The highest BCUT2D eigenvalue weighted by atomic mass is 79.9. The largest absolute Gasteiger partial charge is 0.366 e. The monoisotopic (exact) mass is 336 g/mol. The van der Waals surface area contributed by atoms with Gasteiger partial charge in [0.25, 0.3) is 0 Å². The topological polar surface area (TPSA) is 44.1 Å². The third-order valence-corrected chi connectivity index (χ3v) is 3.58. The molecule has 0 N–H and O–H groups in total. The molecule has 1 heterocycles. The Balaban J connectivity index is 2.39. The lowest BCUT2D eigenvalue weighted by Gasteiger charge is -2.17. The van der Waals surface area contributed by atoms with Gasteiger partial charge in [-0.15, -0.1) is 0 Å². The zero-order chi connectivity index (χ0) is 14.5. The number of carbonyl (C=O) groups excluding carboxylic acids is 1. The fourth-order valence-electron chi connectivity index (χ4n) is 2.09. The number of carbonyl (C=O) groups is 1. The summed E-state index contributed by atoms with van der Waals surface area (Å²) in [6.45, 7) is 4.95. The first kappa shape index (κ1) is 14.9. The highest BCUT2D eigenvalue weighted by molar-refractivity contribution is 9.10. The van der Waals surface area contributed by atoms with Crippen LogP contribution >= 0.6 is 15.9 Å². The van der Waals surface area contributed by atoms with Gasteiger partial charge in [-0.05, 0) is 35.3 Å². The molecule has 0 bridgehead atoms. The third-order valence-electron chi connectivity index (χ3n) is 3.00. The van der Waals surface area contributed by atoms with Crippen molar-refractivity contribution in [1.82, 2.24) is 9.78 Å². The van der Waals surface area contributed by atoms with E-state index in [0.29, 0.717) is 23.3 Å². The van der Waals surface area contributed by atoms with E-state index < -0.39 is 6.10 Å². The summed E-state index contributed by atoms with van der Waals surface area (Å²) >= 11 is 3.39. The number of hydrogen-bond donors (Lipinski definition) is 0. The predicted molar refractivity (Wildman–Crippen MR) is 80.7 cm³/mol. The molecule has 1 atom stereocenters. The van der Waals surface area contributed by atoms with Crippen molar-refractivity contribution in [1.29, 1.82) is 0 Å². The highest BCUT2D eigenvalue weighted by Gasteiger charge is 2.27. The molecule has 1 aromatic carbocycles. The van der Waals surface area contributed by atoms with Crippen LogP contribution in [0.3, 0.4) is 0 Å². The molecule has 1 unspecified atom stereocenters. The van der Waals surface area contributed by atoms with Crippen molar-refractivity contribution in [2.24, 2.45) is 0 Å². The summed E-state index contributed by atoms with van der Waals surface area (Å²) in [5.74, 6) is -0.0794. The van der Waals surface area contributed by atoms with E-state index >= 15 is 0 Å². The van der Waals surface area contributed by atoms with Crippen LogP contribution in [0.1, 0.15) is 36.0 Å². The molecule has 5 heteroatoms. The summed E-state index contributed by atoms with van der Waals surface area (Å²) < 4.78 is 8.04. The van der Waals surface area contributed by atoms with E-state index in [1.165, 1.54) is 0 Å². The first-order chi connectivity index (χ1) is 9.69.